The summed E-state index contributed by atoms with van der Waals surface area (Å²) in [5.41, 5.74) is -0.329. The Morgan fingerprint density at radius 2 is 2.00 bits per heavy atom. The molecule has 1 aliphatic rings. The molecular weight excluding hydrogens is 399 g/mol. The lowest BCUT2D eigenvalue weighted by Gasteiger charge is -2.25. The number of thiazole rings is 1. The van der Waals surface area contributed by atoms with Crippen molar-refractivity contribution in [2.45, 2.75) is 13.1 Å². The van der Waals surface area contributed by atoms with Crippen LogP contribution in [0.4, 0.5) is 4.39 Å². The molecule has 1 fully saturated rings. The number of nitrogens with zero attached hydrogens (tertiary/aromatic N) is 3. The molecule has 2 N–H and O–H groups in total. The Bertz CT molecular complexity index is 1090. The first-order valence-electron chi connectivity index (χ1n) is 9.08. The second-order valence-electron chi connectivity index (χ2n) is 6.66. The summed E-state index contributed by atoms with van der Waals surface area (Å²) in [6.45, 7) is 3.71. The molecule has 4 rings (SSSR count). The minimum atomic E-state index is -0.699. The zero-order chi connectivity index (χ0) is 20.4. The molecule has 0 spiro atoms. The SMILES string of the molecule is O=C(NCc1ccc(F)cc1)c1nc2sc(CN3CCOCC3)cn2c(=O)c1O. The van der Waals surface area contributed by atoms with Gasteiger partial charge in [-0.05, 0) is 17.7 Å². The first-order valence-corrected chi connectivity index (χ1v) is 9.89. The average molecular weight is 418 g/mol. The van der Waals surface area contributed by atoms with E-state index in [2.05, 4.69) is 15.2 Å². The predicted octanol–water partition coefficient (Wildman–Crippen LogP) is 1.36. The Labute approximate surface area is 169 Å². The van der Waals surface area contributed by atoms with Gasteiger partial charge in [0.25, 0.3) is 5.91 Å². The van der Waals surface area contributed by atoms with Crippen molar-refractivity contribution in [1.82, 2.24) is 19.6 Å². The van der Waals surface area contributed by atoms with Crippen LogP contribution in [0.3, 0.4) is 0 Å². The van der Waals surface area contributed by atoms with Gasteiger partial charge in [0.05, 0.1) is 13.2 Å². The molecule has 152 valence electrons. The number of carbonyl (C=O) groups is 1. The third-order valence-corrected chi connectivity index (χ3v) is 5.59. The van der Waals surface area contributed by atoms with Crippen LogP contribution < -0.4 is 10.9 Å². The van der Waals surface area contributed by atoms with E-state index in [0.29, 0.717) is 30.3 Å². The summed E-state index contributed by atoms with van der Waals surface area (Å²) in [6, 6.07) is 5.66. The van der Waals surface area contributed by atoms with Gasteiger partial charge in [-0.3, -0.25) is 18.9 Å². The van der Waals surface area contributed by atoms with E-state index in [1.165, 1.54) is 40.0 Å². The van der Waals surface area contributed by atoms with Crippen molar-refractivity contribution in [3.63, 3.8) is 0 Å². The standard InChI is InChI=1S/C19H19FN4O4S/c20-13-3-1-12(2-4-13)9-21-17(26)15-16(25)18(27)24-11-14(29-19(24)22-15)10-23-5-7-28-8-6-23/h1-4,11,25H,5-10H2,(H,21,26). The number of benzene rings is 1. The van der Waals surface area contributed by atoms with E-state index in [1.807, 2.05) is 0 Å². The number of aromatic hydroxyl groups is 1. The maximum Gasteiger partial charge on any atom is 0.301 e. The molecule has 0 atom stereocenters. The molecule has 3 heterocycles. The summed E-state index contributed by atoms with van der Waals surface area (Å²) >= 11 is 1.30. The highest BCUT2D eigenvalue weighted by molar-refractivity contribution is 7.17. The number of halogens is 1. The fraction of sp³-hybridized carbons (Fsp3) is 0.316. The van der Waals surface area contributed by atoms with E-state index in [4.69, 9.17) is 4.74 Å². The van der Waals surface area contributed by atoms with Gasteiger partial charge < -0.3 is 15.2 Å². The third-order valence-electron chi connectivity index (χ3n) is 4.62. The van der Waals surface area contributed by atoms with Gasteiger partial charge in [0.15, 0.2) is 10.7 Å². The highest BCUT2D eigenvalue weighted by atomic mass is 32.1. The Kier molecular flexibility index (Phi) is 5.56. The number of carbonyl (C=O) groups excluding carboxylic acids is 1. The van der Waals surface area contributed by atoms with E-state index in [-0.39, 0.29) is 18.1 Å². The molecule has 1 amide bonds. The van der Waals surface area contributed by atoms with Crippen LogP contribution in [0, 0.1) is 5.82 Å². The predicted molar refractivity (Wildman–Crippen MR) is 105 cm³/mol. The Morgan fingerprint density at radius 1 is 1.28 bits per heavy atom. The smallest absolute Gasteiger partial charge is 0.301 e. The number of hydrogen-bond donors (Lipinski definition) is 2. The largest absolute Gasteiger partial charge is 0.501 e. The maximum absolute atomic E-state index is 13.0. The number of fused-ring (bicyclic) bond motifs is 1. The Morgan fingerprint density at radius 3 is 2.72 bits per heavy atom. The number of nitrogens with one attached hydrogen (secondary N) is 1. The second-order valence-corrected chi connectivity index (χ2v) is 7.76. The van der Waals surface area contributed by atoms with Crippen molar-refractivity contribution in [1.29, 1.82) is 0 Å². The summed E-state index contributed by atoms with van der Waals surface area (Å²) in [5, 5.41) is 12.8. The molecular formula is C19H19FN4O4S. The van der Waals surface area contributed by atoms with Crippen LogP contribution in [0.2, 0.25) is 0 Å². The van der Waals surface area contributed by atoms with E-state index >= 15 is 0 Å². The number of morpholine rings is 1. The zero-order valence-electron chi connectivity index (χ0n) is 15.4. The number of amides is 1. The normalized spacial score (nSPS) is 14.9. The molecule has 8 nitrogen and oxygen atoms in total. The lowest BCUT2D eigenvalue weighted by atomic mass is 10.2. The van der Waals surface area contributed by atoms with Crippen molar-refractivity contribution >= 4 is 22.2 Å². The van der Waals surface area contributed by atoms with E-state index in [9.17, 15) is 19.1 Å². The zero-order valence-corrected chi connectivity index (χ0v) is 16.2. The van der Waals surface area contributed by atoms with Crippen LogP contribution in [0.25, 0.3) is 4.96 Å². The summed E-state index contributed by atoms with van der Waals surface area (Å²) in [4.78, 5) is 32.6. The molecule has 0 unspecified atom stereocenters. The van der Waals surface area contributed by atoms with Crippen molar-refractivity contribution in [2.75, 3.05) is 26.3 Å². The van der Waals surface area contributed by atoms with Crippen LogP contribution in [0.5, 0.6) is 5.75 Å². The topological polar surface area (TPSA) is 96.2 Å². The molecule has 2 aromatic heterocycles. The van der Waals surface area contributed by atoms with E-state index in [1.54, 1.807) is 6.20 Å². The minimum Gasteiger partial charge on any atom is -0.501 e. The number of aromatic nitrogens is 2. The second kappa shape index (κ2) is 8.27. The highest BCUT2D eigenvalue weighted by Gasteiger charge is 2.21. The van der Waals surface area contributed by atoms with Gasteiger partial charge in [-0.1, -0.05) is 23.5 Å². The van der Waals surface area contributed by atoms with Crippen LogP contribution in [0.1, 0.15) is 20.9 Å². The molecule has 3 aromatic rings. The third kappa shape index (κ3) is 4.29. The molecule has 0 aliphatic carbocycles. The molecule has 1 aliphatic heterocycles. The molecule has 1 aromatic carbocycles. The lowest BCUT2D eigenvalue weighted by Crippen LogP contribution is -2.35. The van der Waals surface area contributed by atoms with E-state index in [0.717, 1.165) is 18.0 Å². The summed E-state index contributed by atoms with van der Waals surface area (Å²) in [5.74, 6) is -1.74. The molecule has 0 radical (unpaired) electrons. The van der Waals surface area contributed by atoms with Crippen LogP contribution in [-0.2, 0) is 17.8 Å². The van der Waals surface area contributed by atoms with Crippen molar-refractivity contribution in [3.8, 4) is 5.75 Å². The molecule has 29 heavy (non-hydrogen) atoms. The average Bonchev–Trinajstić information content (AvgIpc) is 3.13. The summed E-state index contributed by atoms with van der Waals surface area (Å²) in [6.07, 6.45) is 1.64. The minimum absolute atomic E-state index is 0.117. The van der Waals surface area contributed by atoms with Gasteiger partial charge in [-0.25, -0.2) is 9.37 Å². The lowest BCUT2D eigenvalue weighted by molar-refractivity contribution is 0.0346. The van der Waals surface area contributed by atoms with Crippen molar-refractivity contribution in [3.05, 3.63) is 62.8 Å². The summed E-state index contributed by atoms with van der Waals surface area (Å²) in [7, 11) is 0. The van der Waals surface area contributed by atoms with Gasteiger partial charge in [-0.15, -0.1) is 0 Å². The van der Waals surface area contributed by atoms with Crippen molar-refractivity contribution < 1.29 is 19.0 Å². The monoisotopic (exact) mass is 418 g/mol. The quantitative estimate of drug-likeness (QED) is 0.650. The van der Waals surface area contributed by atoms with Gasteiger partial charge in [-0.2, -0.15) is 0 Å². The van der Waals surface area contributed by atoms with Crippen molar-refractivity contribution in [2.24, 2.45) is 0 Å². The fourth-order valence-corrected chi connectivity index (χ4v) is 4.07. The van der Waals surface area contributed by atoms with Crippen LogP contribution in [-0.4, -0.2) is 51.6 Å². The molecule has 10 heteroatoms. The first kappa shape index (κ1) is 19.5. The molecule has 0 bridgehead atoms. The number of rotatable bonds is 5. The maximum atomic E-state index is 13.0. The molecule has 0 saturated carbocycles. The Balaban J connectivity index is 1.54. The number of ether oxygens (including phenoxy) is 1. The van der Waals surface area contributed by atoms with Gasteiger partial charge in [0, 0.05) is 37.3 Å². The van der Waals surface area contributed by atoms with Gasteiger partial charge >= 0.3 is 5.56 Å². The fourth-order valence-electron chi connectivity index (χ4n) is 3.06. The van der Waals surface area contributed by atoms with Crippen LogP contribution >= 0.6 is 11.3 Å². The van der Waals surface area contributed by atoms with Gasteiger partial charge in [0.2, 0.25) is 5.75 Å². The highest BCUT2D eigenvalue weighted by Crippen LogP contribution is 2.20. The van der Waals surface area contributed by atoms with Crippen LogP contribution in [0.15, 0.2) is 35.3 Å². The first-order chi connectivity index (χ1) is 14.0. The van der Waals surface area contributed by atoms with Gasteiger partial charge in [0.1, 0.15) is 5.82 Å². The van der Waals surface area contributed by atoms with E-state index < -0.39 is 17.2 Å². The number of hydrogen-bond acceptors (Lipinski definition) is 7. The Hall–Kier alpha value is -2.82. The summed E-state index contributed by atoms with van der Waals surface area (Å²) < 4.78 is 19.6. The molecule has 1 saturated heterocycles.